The molecule has 3 nitrogen and oxygen atoms in total. The van der Waals surface area contributed by atoms with Crippen molar-refractivity contribution in [1.29, 1.82) is 5.26 Å². The van der Waals surface area contributed by atoms with Gasteiger partial charge in [0.2, 0.25) is 0 Å². The zero-order valence-electron chi connectivity index (χ0n) is 11.1. The van der Waals surface area contributed by atoms with Crippen molar-refractivity contribution in [3.8, 4) is 17.6 Å². The molecule has 0 atom stereocenters. The molecule has 0 amide bonds. The smallest absolute Gasteiger partial charge is 0.133 e. The van der Waals surface area contributed by atoms with E-state index in [1.54, 1.807) is 18.2 Å². The minimum absolute atomic E-state index is 0.443. The highest BCUT2D eigenvalue weighted by Crippen LogP contribution is 2.25. The van der Waals surface area contributed by atoms with Crippen LogP contribution >= 0.6 is 15.9 Å². The summed E-state index contributed by atoms with van der Waals surface area (Å²) in [6.45, 7) is 2.95. The molecule has 0 aliphatic rings. The molecule has 2 aromatic carbocycles. The normalized spacial score (nSPS) is 9.85. The van der Waals surface area contributed by atoms with Gasteiger partial charge in [0.05, 0.1) is 16.1 Å². The van der Waals surface area contributed by atoms with Crippen molar-refractivity contribution in [1.82, 2.24) is 0 Å². The Labute approximate surface area is 126 Å². The van der Waals surface area contributed by atoms with Gasteiger partial charge in [0.15, 0.2) is 0 Å². The van der Waals surface area contributed by atoms with E-state index < -0.39 is 0 Å². The van der Waals surface area contributed by atoms with Crippen molar-refractivity contribution < 1.29 is 9.47 Å². The highest BCUT2D eigenvalue weighted by Gasteiger charge is 2.02. The molecule has 0 aliphatic heterocycles. The summed E-state index contributed by atoms with van der Waals surface area (Å²) >= 11 is 3.38. The highest BCUT2D eigenvalue weighted by molar-refractivity contribution is 9.10. The molecule has 0 radical (unpaired) electrons. The number of hydrogen-bond donors (Lipinski definition) is 0. The molecule has 20 heavy (non-hydrogen) atoms. The fourth-order valence-electron chi connectivity index (χ4n) is 1.63. The van der Waals surface area contributed by atoms with Gasteiger partial charge in [-0.15, -0.1) is 0 Å². The fourth-order valence-corrected chi connectivity index (χ4v) is 2.13. The van der Waals surface area contributed by atoms with E-state index in [-0.39, 0.29) is 0 Å². The summed E-state index contributed by atoms with van der Waals surface area (Å²) in [6.07, 6.45) is 0. The van der Waals surface area contributed by atoms with Crippen LogP contribution in [0.5, 0.6) is 11.5 Å². The van der Waals surface area contributed by atoms with Crippen molar-refractivity contribution >= 4 is 15.9 Å². The molecule has 0 saturated carbocycles. The molecule has 0 aromatic heterocycles. The van der Waals surface area contributed by atoms with E-state index in [2.05, 4.69) is 22.0 Å². The first-order valence-electron chi connectivity index (χ1n) is 6.21. The van der Waals surface area contributed by atoms with Gasteiger partial charge in [0, 0.05) is 0 Å². The van der Waals surface area contributed by atoms with Crippen LogP contribution in [0.2, 0.25) is 0 Å². The van der Waals surface area contributed by atoms with Gasteiger partial charge in [-0.3, -0.25) is 0 Å². The first-order valence-corrected chi connectivity index (χ1v) is 7.00. The van der Waals surface area contributed by atoms with E-state index in [0.717, 1.165) is 10.2 Å². The van der Waals surface area contributed by atoms with Crippen LogP contribution in [0, 0.1) is 18.3 Å². The Hall–Kier alpha value is -1.99. The number of aryl methyl sites for hydroxylation is 1. The molecule has 102 valence electrons. The second-order valence-corrected chi connectivity index (χ2v) is 5.12. The molecule has 2 rings (SSSR count). The lowest BCUT2D eigenvalue weighted by Crippen LogP contribution is -2.09. The maximum atomic E-state index is 8.78. The van der Waals surface area contributed by atoms with E-state index in [9.17, 15) is 0 Å². The Morgan fingerprint density at radius 1 is 1.05 bits per heavy atom. The first-order chi connectivity index (χ1) is 9.69. The second-order valence-electron chi connectivity index (χ2n) is 4.27. The van der Waals surface area contributed by atoms with Gasteiger partial charge in [-0.2, -0.15) is 5.26 Å². The molecular formula is C16H14BrNO2. The summed E-state index contributed by atoms with van der Waals surface area (Å²) in [5, 5.41) is 8.78. The van der Waals surface area contributed by atoms with E-state index in [0.29, 0.717) is 24.5 Å². The molecule has 4 heteroatoms. The lowest BCUT2D eigenvalue weighted by molar-refractivity contribution is 0.216. The predicted octanol–water partition coefficient (Wildman–Crippen LogP) is 4.09. The van der Waals surface area contributed by atoms with Crippen molar-refractivity contribution in [2.45, 2.75) is 6.92 Å². The number of halogens is 1. The van der Waals surface area contributed by atoms with Crippen LogP contribution in [0.1, 0.15) is 11.1 Å². The lowest BCUT2D eigenvalue weighted by atomic mass is 10.2. The fraction of sp³-hybridized carbons (Fsp3) is 0.188. The number of hydrogen-bond acceptors (Lipinski definition) is 3. The summed E-state index contributed by atoms with van der Waals surface area (Å²) in [4.78, 5) is 0. The van der Waals surface area contributed by atoms with Crippen LogP contribution in [0.4, 0.5) is 0 Å². The van der Waals surface area contributed by atoms with Crippen LogP contribution in [-0.2, 0) is 0 Å². The summed E-state index contributed by atoms with van der Waals surface area (Å²) in [6, 6.07) is 15.2. The highest BCUT2D eigenvalue weighted by atomic mass is 79.9. The van der Waals surface area contributed by atoms with Crippen molar-refractivity contribution in [2.24, 2.45) is 0 Å². The average Bonchev–Trinajstić information content (AvgIpc) is 2.46. The molecular weight excluding hydrogens is 318 g/mol. The Morgan fingerprint density at radius 3 is 2.40 bits per heavy atom. The van der Waals surface area contributed by atoms with Crippen LogP contribution < -0.4 is 9.47 Å². The number of benzene rings is 2. The van der Waals surface area contributed by atoms with Gasteiger partial charge in [-0.1, -0.05) is 17.7 Å². The second kappa shape index (κ2) is 6.97. The summed E-state index contributed by atoms with van der Waals surface area (Å²) < 4.78 is 11.9. The predicted molar refractivity (Wildman–Crippen MR) is 81.0 cm³/mol. The third kappa shape index (κ3) is 4.01. The molecule has 0 aliphatic carbocycles. The number of nitrogens with zero attached hydrogens (tertiary/aromatic N) is 1. The quantitative estimate of drug-likeness (QED) is 0.775. The molecule has 0 heterocycles. The molecule has 0 N–H and O–H groups in total. The summed E-state index contributed by atoms with van der Waals surface area (Å²) in [7, 11) is 0. The van der Waals surface area contributed by atoms with E-state index in [1.807, 2.05) is 31.2 Å². The van der Waals surface area contributed by atoms with Crippen molar-refractivity contribution in [3.63, 3.8) is 0 Å². The van der Waals surface area contributed by atoms with Gasteiger partial charge in [0.25, 0.3) is 0 Å². The largest absolute Gasteiger partial charge is 0.490 e. The number of rotatable bonds is 5. The maximum Gasteiger partial charge on any atom is 0.133 e. The molecule has 0 saturated heterocycles. The third-order valence-corrected chi connectivity index (χ3v) is 3.31. The van der Waals surface area contributed by atoms with Gasteiger partial charge in [0.1, 0.15) is 24.7 Å². The topological polar surface area (TPSA) is 42.2 Å². The van der Waals surface area contributed by atoms with Gasteiger partial charge in [-0.25, -0.2) is 0 Å². The number of nitriles is 1. The number of ether oxygens (including phenoxy) is 2. The van der Waals surface area contributed by atoms with Gasteiger partial charge >= 0.3 is 0 Å². The zero-order valence-corrected chi connectivity index (χ0v) is 12.7. The van der Waals surface area contributed by atoms with Crippen LogP contribution in [0.15, 0.2) is 46.9 Å². The SMILES string of the molecule is Cc1ccc(OCCOc2ccc(C#N)cc2Br)cc1. The molecule has 0 fully saturated rings. The van der Waals surface area contributed by atoms with Crippen LogP contribution in [0.3, 0.4) is 0 Å². The monoisotopic (exact) mass is 331 g/mol. The van der Waals surface area contributed by atoms with E-state index in [4.69, 9.17) is 14.7 Å². The molecule has 0 bridgehead atoms. The van der Waals surface area contributed by atoms with E-state index in [1.165, 1.54) is 5.56 Å². The lowest BCUT2D eigenvalue weighted by Gasteiger charge is -2.10. The first kappa shape index (κ1) is 14.4. The molecule has 0 unspecified atom stereocenters. The average molecular weight is 332 g/mol. The van der Waals surface area contributed by atoms with Gasteiger partial charge < -0.3 is 9.47 Å². The minimum atomic E-state index is 0.443. The molecule has 0 spiro atoms. The third-order valence-electron chi connectivity index (χ3n) is 2.69. The van der Waals surface area contributed by atoms with Crippen molar-refractivity contribution in [3.05, 3.63) is 58.1 Å². The summed E-state index contributed by atoms with van der Waals surface area (Å²) in [5.74, 6) is 1.54. The maximum absolute atomic E-state index is 8.78. The Morgan fingerprint density at radius 2 is 1.75 bits per heavy atom. The molecule has 2 aromatic rings. The summed E-state index contributed by atoms with van der Waals surface area (Å²) in [5.41, 5.74) is 1.80. The Balaban J connectivity index is 1.81. The van der Waals surface area contributed by atoms with Crippen LogP contribution in [-0.4, -0.2) is 13.2 Å². The standard InChI is InChI=1S/C16H14BrNO2/c1-12-2-5-14(6-3-12)19-8-9-20-16-7-4-13(11-18)10-15(16)17/h2-7,10H,8-9H2,1H3. The van der Waals surface area contributed by atoms with E-state index >= 15 is 0 Å². The zero-order chi connectivity index (χ0) is 14.4. The Kier molecular flexibility index (Phi) is 5.03. The van der Waals surface area contributed by atoms with Crippen LogP contribution in [0.25, 0.3) is 0 Å². The van der Waals surface area contributed by atoms with Crippen molar-refractivity contribution in [2.75, 3.05) is 13.2 Å². The van der Waals surface area contributed by atoms with Gasteiger partial charge in [-0.05, 0) is 53.2 Å². The minimum Gasteiger partial charge on any atom is -0.490 e. The Bertz CT molecular complexity index is 617.